The lowest BCUT2D eigenvalue weighted by Crippen LogP contribution is -2.37. The molecule has 21 heavy (non-hydrogen) atoms. The molecule has 2 rings (SSSR count). The molecule has 1 aliphatic heterocycles. The Labute approximate surface area is 126 Å². The van der Waals surface area contributed by atoms with Crippen LogP contribution in [0.15, 0.2) is 24.3 Å². The summed E-state index contributed by atoms with van der Waals surface area (Å²) in [6.45, 7) is 5.36. The summed E-state index contributed by atoms with van der Waals surface area (Å²) in [5, 5.41) is 3.53. The van der Waals surface area contributed by atoms with E-state index >= 15 is 0 Å². The van der Waals surface area contributed by atoms with Crippen molar-refractivity contribution < 1.29 is 9.53 Å². The highest BCUT2D eigenvalue weighted by atomic mass is 16.5. The number of benzene rings is 1. The number of rotatable bonds is 7. The van der Waals surface area contributed by atoms with Gasteiger partial charge in [-0.05, 0) is 30.7 Å². The fraction of sp³-hybridized carbons (Fsp3) is 0.562. The van der Waals surface area contributed by atoms with E-state index in [1.165, 1.54) is 0 Å². The summed E-state index contributed by atoms with van der Waals surface area (Å²) in [7, 11) is 3.52. The third-order valence-electron chi connectivity index (χ3n) is 3.84. The van der Waals surface area contributed by atoms with Gasteiger partial charge in [0.25, 0.3) is 0 Å². The van der Waals surface area contributed by atoms with Gasteiger partial charge in [0.1, 0.15) is 5.75 Å². The molecule has 0 saturated carbocycles. The number of likely N-dealkylation sites (N-methyl/N-ethyl adjacent to an activating group) is 1. The summed E-state index contributed by atoms with van der Waals surface area (Å²) < 4.78 is 5.30. The molecule has 1 aliphatic rings. The number of amides is 2. The van der Waals surface area contributed by atoms with Crippen molar-refractivity contribution in [3.8, 4) is 5.75 Å². The third-order valence-corrected chi connectivity index (χ3v) is 3.84. The topological polar surface area (TPSA) is 44.8 Å². The van der Waals surface area contributed by atoms with Gasteiger partial charge < -0.3 is 19.9 Å². The first-order valence-corrected chi connectivity index (χ1v) is 7.53. The van der Waals surface area contributed by atoms with E-state index in [2.05, 4.69) is 18.3 Å². The zero-order chi connectivity index (χ0) is 15.2. The first-order chi connectivity index (χ1) is 10.2. The molecular weight excluding hydrogens is 266 g/mol. The molecule has 5 nitrogen and oxygen atoms in total. The van der Waals surface area contributed by atoms with Gasteiger partial charge >= 0.3 is 6.03 Å². The van der Waals surface area contributed by atoms with E-state index in [-0.39, 0.29) is 12.1 Å². The van der Waals surface area contributed by atoms with Crippen LogP contribution in [0.3, 0.4) is 0 Å². The maximum Gasteiger partial charge on any atom is 0.319 e. The van der Waals surface area contributed by atoms with E-state index in [4.69, 9.17) is 4.74 Å². The van der Waals surface area contributed by atoms with Crippen molar-refractivity contribution in [3.05, 3.63) is 29.8 Å². The average Bonchev–Trinajstić information content (AvgIpc) is 2.83. The SMILES string of the molecule is CCCNC(CN1CCN(C)C1=O)c1cccc(OC)c1. The van der Waals surface area contributed by atoms with Crippen LogP contribution in [0.5, 0.6) is 5.75 Å². The molecule has 0 spiro atoms. The molecule has 1 aromatic carbocycles. The molecule has 0 radical (unpaired) electrons. The van der Waals surface area contributed by atoms with Gasteiger partial charge in [-0.1, -0.05) is 19.1 Å². The smallest absolute Gasteiger partial charge is 0.319 e. The average molecular weight is 291 g/mol. The van der Waals surface area contributed by atoms with Crippen LogP contribution in [0.25, 0.3) is 0 Å². The number of ether oxygens (including phenoxy) is 1. The molecule has 116 valence electrons. The predicted molar refractivity (Wildman–Crippen MR) is 83.6 cm³/mol. The molecule has 1 atom stereocenters. The molecule has 1 aromatic rings. The number of carbonyl (C=O) groups is 1. The molecule has 2 amide bonds. The first kappa shape index (κ1) is 15.6. The van der Waals surface area contributed by atoms with Crippen LogP contribution < -0.4 is 10.1 Å². The molecule has 1 N–H and O–H groups in total. The number of hydrogen-bond donors (Lipinski definition) is 1. The van der Waals surface area contributed by atoms with Crippen LogP contribution in [-0.2, 0) is 0 Å². The highest BCUT2D eigenvalue weighted by molar-refractivity contribution is 5.76. The molecule has 0 aromatic heterocycles. The molecule has 5 heteroatoms. The van der Waals surface area contributed by atoms with Gasteiger partial charge in [0.2, 0.25) is 0 Å². The highest BCUT2D eigenvalue weighted by Gasteiger charge is 2.27. The van der Waals surface area contributed by atoms with Gasteiger partial charge in [-0.15, -0.1) is 0 Å². The van der Waals surface area contributed by atoms with E-state index in [1.807, 2.05) is 30.1 Å². The third kappa shape index (κ3) is 3.88. The monoisotopic (exact) mass is 291 g/mol. The number of hydrogen-bond acceptors (Lipinski definition) is 3. The summed E-state index contributed by atoms with van der Waals surface area (Å²) in [6, 6.07) is 8.30. The molecule has 1 fully saturated rings. The number of urea groups is 1. The van der Waals surface area contributed by atoms with E-state index in [1.54, 1.807) is 12.0 Å². The predicted octanol–water partition coefficient (Wildman–Crippen LogP) is 2.10. The molecule has 1 saturated heterocycles. The van der Waals surface area contributed by atoms with Crippen molar-refractivity contribution in [2.45, 2.75) is 19.4 Å². The van der Waals surface area contributed by atoms with Crippen molar-refractivity contribution in [2.24, 2.45) is 0 Å². The summed E-state index contributed by atoms with van der Waals surface area (Å²) in [4.78, 5) is 15.7. The lowest BCUT2D eigenvalue weighted by atomic mass is 10.1. The zero-order valence-corrected chi connectivity index (χ0v) is 13.1. The van der Waals surface area contributed by atoms with Crippen LogP contribution in [0.1, 0.15) is 24.9 Å². The van der Waals surface area contributed by atoms with E-state index in [9.17, 15) is 4.79 Å². The Morgan fingerprint density at radius 2 is 2.19 bits per heavy atom. The van der Waals surface area contributed by atoms with Gasteiger partial charge in [0, 0.05) is 26.7 Å². The zero-order valence-electron chi connectivity index (χ0n) is 13.1. The van der Waals surface area contributed by atoms with E-state index in [0.29, 0.717) is 6.54 Å². The number of nitrogens with one attached hydrogen (secondary N) is 1. The Bertz CT molecular complexity index is 478. The molecule has 0 bridgehead atoms. The lowest BCUT2D eigenvalue weighted by molar-refractivity contribution is 0.194. The van der Waals surface area contributed by atoms with E-state index < -0.39 is 0 Å². The van der Waals surface area contributed by atoms with Crippen LogP contribution in [0, 0.1) is 0 Å². The largest absolute Gasteiger partial charge is 0.497 e. The normalized spacial score (nSPS) is 16.4. The van der Waals surface area contributed by atoms with Crippen LogP contribution in [0.4, 0.5) is 4.79 Å². The van der Waals surface area contributed by atoms with Gasteiger partial charge in [-0.25, -0.2) is 4.79 Å². The van der Waals surface area contributed by atoms with Gasteiger partial charge in [-0.2, -0.15) is 0 Å². The fourth-order valence-corrected chi connectivity index (χ4v) is 2.56. The Kier molecular flexibility index (Phi) is 5.44. The molecular formula is C16H25N3O2. The molecule has 0 aliphatic carbocycles. The maximum absolute atomic E-state index is 12.1. The van der Waals surface area contributed by atoms with Crippen molar-refractivity contribution in [2.75, 3.05) is 40.3 Å². The maximum atomic E-state index is 12.1. The fourth-order valence-electron chi connectivity index (χ4n) is 2.56. The number of methoxy groups -OCH3 is 1. The Morgan fingerprint density at radius 1 is 1.38 bits per heavy atom. The Balaban J connectivity index is 2.11. The summed E-state index contributed by atoms with van der Waals surface area (Å²) in [6.07, 6.45) is 1.06. The quantitative estimate of drug-likeness (QED) is 0.837. The second-order valence-corrected chi connectivity index (χ2v) is 5.43. The summed E-state index contributed by atoms with van der Waals surface area (Å²) in [5.74, 6) is 0.848. The van der Waals surface area contributed by atoms with Crippen molar-refractivity contribution in [1.29, 1.82) is 0 Å². The second kappa shape index (κ2) is 7.31. The number of carbonyl (C=O) groups excluding carboxylic acids is 1. The Morgan fingerprint density at radius 3 is 2.81 bits per heavy atom. The minimum absolute atomic E-state index is 0.112. The van der Waals surface area contributed by atoms with Crippen molar-refractivity contribution >= 4 is 6.03 Å². The van der Waals surface area contributed by atoms with E-state index in [0.717, 1.165) is 37.4 Å². The molecule has 1 unspecified atom stereocenters. The minimum atomic E-state index is 0.112. The van der Waals surface area contributed by atoms with Crippen LogP contribution >= 0.6 is 0 Å². The first-order valence-electron chi connectivity index (χ1n) is 7.53. The molecule has 1 heterocycles. The van der Waals surface area contributed by atoms with Gasteiger partial charge in [0.15, 0.2) is 0 Å². The summed E-state index contributed by atoms with van der Waals surface area (Å²) >= 11 is 0. The van der Waals surface area contributed by atoms with Crippen LogP contribution in [-0.4, -0.2) is 56.2 Å². The lowest BCUT2D eigenvalue weighted by Gasteiger charge is -2.25. The Hall–Kier alpha value is -1.75. The van der Waals surface area contributed by atoms with Crippen LogP contribution in [0.2, 0.25) is 0 Å². The van der Waals surface area contributed by atoms with Gasteiger partial charge in [0.05, 0.1) is 13.2 Å². The number of nitrogens with zero attached hydrogens (tertiary/aromatic N) is 2. The van der Waals surface area contributed by atoms with Crippen molar-refractivity contribution in [3.63, 3.8) is 0 Å². The highest BCUT2D eigenvalue weighted by Crippen LogP contribution is 2.21. The standard InChI is InChI=1S/C16H25N3O2/c1-4-8-17-15(12-19-10-9-18(2)16(19)20)13-6-5-7-14(11-13)21-3/h5-7,11,15,17H,4,8-10,12H2,1-3H3. The minimum Gasteiger partial charge on any atom is -0.497 e. The van der Waals surface area contributed by atoms with Crippen molar-refractivity contribution in [1.82, 2.24) is 15.1 Å². The van der Waals surface area contributed by atoms with Gasteiger partial charge in [-0.3, -0.25) is 0 Å². The second-order valence-electron chi connectivity index (χ2n) is 5.43. The summed E-state index contributed by atoms with van der Waals surface area (Å²) in [5.41, 5.74) is 1.16.